The molecule has 1 fully saturated rings. The quantitative estimate of drug-likeness (QED) is 0.344. The first-order valence-corrected chi connectivity index (χ1v) is 13.0. The third-order valence-electron chi connectivity index (χ3n) is 7.68. The Morgan fingerprint density at radius 2 is 1.92 bits per heavy atom. The van der Waals surface area contributed by atoms with Crippen LogP contribution in [-0.2, 0) is 6.54 Å². The third-order valence-corrected chi connectivity index (χ3v) is 7.68. The molecule has 7 rings (SSSR count). The highest BCUT2D eigenvalue weighted by Crippen LogP contribution is 2.36. The number of fused-ring (bicyclic) bond motifs is 1. The van der Waals surface area contributed by atoms with Gasteiger partial charge in [0.05, 0.1) is 30.0 Å². The van der Waals surface area contributed by atoms with Crippen molar-refractivity contribution in [1.82, 2.24) is 30.7 Å². The lowest BCUT2D eigenvalue weighted by Crippen LogP contribution is -2.26. The molecule has 0 aliphatic carbocycles. The number of hydrogen-bond acceptors (Lipinski definition) is 6. The number of H-pyrrole nitrogens is 1. The van der Waals surface area contributed by atoms with Gasteiger partial charge in [-0.3, -0.25) is 20.0 Å². The Bertz CT molecular complexity index is 1630. The molecule has 3 aliphatic heterocycles. The van der Waals surface area contributed by atoms with Crippen molar-refractivity contribution in [2.75, 3.05) is 19.6 Å². The summed E-state index contributed by atoms with van der Waals surface area (Å²) < 4.78 is 41.9. The van der Waals surface area contributed by atoms with Crippen molar-refractivity contribution in [2.45, 2.75) is 31.0 Å². The molecule has 10 heteroatoms. The zero-order chi connectivity index (χ0) is 26.6. The molecule has 2 aromatic heterocycles. The first-order chi connectivity index (χ1) is 18.9. The number of aromatic nitrogens is 3. The molecule has 39 heavy (non-hydrogen) atoms. The van der Waals surface area contributed by atoms with E-state index in [1.807, 2.05) is 24.3 Å². The lowest BCUT2D eigenvalue weighted by molar-refractivity contribution is 0.0115. The molecule has 0 bridgehead atoms. The van der Waals surface area contributed by atoms with Crippen molar-refractivity contribution in [1.29, 1.82) is 0 Å². The van der Waals surface area contributed by atoms with Gasteiger partial charge in [0.15, 0.2) is 0 Å². The number of halogens is 3. The summed E-state index contributed by atoms with van der Waals surface area (Å²) in [7, 11) is 0. The fourth-order valence-electron chi connectivity index (χ4n) is 5.76. The molecule has 7 nitrogen and oxygen atoms in total. The van der Waals surface area contributed by atoms with E-state index in [1.165, 1.54) is 6.07 Å². The van der Waals surface area contributed by atoms with Crippen molar-refractivity contribution in [3.8, 4) is 11.1 Å². The Labute approximate surface area is 222 Å². The van der Waals surface area contributed by atoms with Crippen LogP contribution in [0.5, 0.6) is 0 Å². The highest BCUT2D eigenvalue weighted by molar-refractivity contribution is 5.88. The van der Waals surface area contributed by atoms with Gasteiger partial charge in [-0.05, 0) is 41.0 Å². The highest BCUT2D eigenvalue weighted by atomic mass is 19.3. The van der Waals surface area contributed by atoms with E-state index >= 15 is 0 Å². The molecule has 0 spiro atoms. The van der Waals surface area contributed by atoms with E-state index in [4.69, 9.17) is 0 Å². The van der Waals surface area contributed by atoms with Gasteiger partial charge in [-0.2, -0.15) is 5.10 Å². The molecule has 3 N–H and O–H groups in total. The molecular formula is C29H26F3N7. The van der Waals surface area contributed by atoms with E-state index in [-0.39, 0.29) is 30.9 Å². The van der Waals surface area contributed by atoms with Gasteiger partial charge in [-0.1, -0.05) is 24.3 Å². The second-order valence-electron chi connectivity index (χ2n) is 10.4. The van der Waals surface area contributed by atoms with Crippen LogP contribution in [0.4, 0.5) is 13.2 Å². The van der Waals surface area contributed by atoms with E-state index in [1.54, 1.807) is 35.6 Å². The van der Waals surface area contributed by atoms with Gasteiger partial charge >= 0.3 is 0 Å². The second kappa shape index (κ2) is 9.23. The van der Waals surface area contributed by atoms with Crippen LogP contribution in [0.15, 0.2) is 77.3 Å². The zero-order valence-electron chi connectivity index (χ0n) is 21.0. The normalized spacial score (nSPS) is 22.2. The van der Waals surface area contributed by atoms with Gasteiger partial charge in [-0.25, -0.2) is 13.2 Å². The smallest absolute Gasteiger partial charge is 0.261 e. The molecule has 4 aromatic rings. The van der Waals surface area contributed by atoms with E-state index in [2.05, 4.69) is 36.9 Å². The summed E-state index contributed by atoms with van der Waals surface area (Å²) in [4.78, 5) is 10.6. The summed E-state index contributed by atoms with van der Waals surface area (Å²) in [6.45, 7) is 1.06. The van der Waals surface area contributed by atoms with E-state index in [0.29, 0.717) is 25.2 Å². The fraction of sp³-hybridized carbons (Fsp3) is 0.276. The number of dihydropyridines is 1. The standard InChI is InChI=1S/C29H26F3N7/c30-23-4-2-1-3-20(23)22-13-34-14-25-26(22)36-28(35-25)27-21-10-18(5-6-24(21)37-38-27)19-9-17(11-33-12-19)15-39-8-7-29(31,32)16-39/h1-6,9-12,14,22,28,35-36H,7-8,13,15-16H2,(H,37,38). The number of likely N-dealkylation sites (tertiary alicyclic amines) is 1. The molecule has 2 unspecified atom stereocenters. The van der Waals surface area contributed by atoms with Crippen molar-refractivity contribution in [3.05, 3.63) is 95.0 Å². The number of pyridine rings is 1. The molecule has 2 aromatic carbocycles. The van der Waals surface area contributed by atoms with Gasteiger partial charge in [0.25, 0.3) is 5.92 Å². The third kappa shape index (κ3) is 4.44. The Hall–Kier alpha value is -4.18. The van der Waals surface area contributed by atoms with Crippen LogP contribution in [0.2, 0.25) is 0 Å². The summed E-state index contributed by atoms with van der Waals surface area (Å²) >= 11 is 0. The average molecular weight is 530 g/mol. The van der Waals surface area contributed by atoms with Crippen LogP contribution in [0.1, 0.15) is 35.3 Å². The molecule has 1 saturated heterocycles. The van der Waals surface area contributed by atoms with Gasteiger partial charge < -0.3 is 10.6 Å². The van der Waals surface area contributed by atoms with Crippen LogP contribution in [-0.4, -0.2) is 51.9 Å². The van der Waals surface area contributed by atoms with Crippen LogP contribution >= 0.6 is 0 Å². The largest absolute Gasteiger partial charge is 0.361 e. The van der Waals surface area contributed by atoms with E-state index in [9.17, 15) is 13.2 Å². The van der Waals surface area contributed by atoms with Crippen molar-refractivity contribution in [2.24, 2.45) is 4.99 Å². The maximum absolute atomic E-state index is 14.6. The Morgan fingerprint density at radius 3 is 2.77 bits per heavy atom. The number of alkyl halides is 2. The topological polar surface area (TPSA) is 81.2 Å². The monoisotopic (exact) mass is 529 g/mol. The number of allylic oxidation sites excluding steroid dienone is 1. The molecular weight excluding hydrogens is 503 g/mol. The molecule has 0 radical (unpaired) electrons. The molecule has 3 aliphatic rings. The van der Waals surface area contributed by atoms with Crippen LogP contribution in [0.25, 0.3) is 22.0 Å². The minimum absolute atomic E-state index is 0.103. The molecule has 198 valence electrons. The lowest BCUT2D eigenvalue weighted by Gasteiger charge is -2.21. The van der Waals surface area contributed by atoms with E-state index < -0.39 is 5.92 Å². The fourth-order valence-corrected chi connectivity index (χ4v) is 5.76. The summed E-state index contributed by atoms with van der Waals surface area (Å²) in [6, 6.07) is 14.8. The average Bonchev–Trinajstić information content (AvgIpc) is 3.64. The number of nitrogens with zero attached hydrogens (tertiary/aromatic N) is 4. The SMILES string of the molecule is Fc1ccccc1C1CN=CC2=C1NC(c1[nH]nc3ccc(-c4cncc(CN5CCC(F)(F)C5)c4)cc13)N2. The number of aromatic amines is 1. The van der Waals surface area contributed by atoms with Crippen LogP contribution < -0.4 is 10.6 Å². The number of nitrogens with one attached hydrogen (secondary N) is 3. The molecule has 2 atom stereocenters. The highest BCUT2D eigenvalue weighted by Gasteiger charge is 2.38. The Morgan fingerprint density at radius 1 is 1.03 bits per heavy atom. The minimum Gasteiger partial charge on any atom is -0.361 e. The van der Waals surface area contributed by atoms with E-state index in [0.717, 1.165) is 44.7 Å². The Kier molecular flexibility index (Phi) is 5.66. The van der Waals surface area contributed by atoms with Gasteiger partial charge in [-0.15, -0.1) is 0 Å². The maximum Gasteiger partial charge on any atom is 0.261 e. The Balaban J connectivity index is 1.15. The van der Waals surface area contributed by atoms with Crippen LogP contribution in [0.3, 0.4) is 0 Å². The van der Waals surface area contributed by atoms with Gasteiger partial charge in [0, 0.05) is 60.7 Å². The van der Waals surface area contributed by atoms with Crippen LogP contribution in [0, 0.1) is 5.82 Å². The first kappa shape index (κ1) is 23.9. The summed E-state index contributed by atoms with van der Waals surface area (Å²) in [5, 5.41) is 15.6. The first-order valence-electron chi connectivity index (χ1n) is 13.0. The number of rotatable bonds is 5. The second-order valence-corrected chi connectivity index (χ2v) is 10.4. The minimum atomic E-state index is -2.62. The number of hydrogen-bond donors (Lipinski definition) is 3. The van der Waals surface area contributed by atoms with Crippen molar-refractivity contribution in [3.63, 3.8) is 0 Å². The summed E-state index contributed by atoms with van der Waals surface area (Å²) in [6.07, 6.45) is 4.91. The number of aliphatic imine (C=N–C) groups is 1. The predicted octanol–water partition coefficient (Wildman–Crippen LogP) is 4.88. The summed E-state index contributed by atoms with van der Waals surface area (Å²) in [5.41, 5.74) is 6.77. The predicted molar refractivity (Wildman–Crippen MR) is 143 cm³/mol. The van der Waals surface area contributed by atoms with Gasteiger partial charge in [0.1, 0.15) is 12.0 Å². The molecule has 0 amide bonds. The summed E-state index contributed by atoms with van der Waals surface area (Å²) in [5.74, 6) is -3.08. The van der Waals surface area contributed by atoms with Crippen molar-refractivity contribution < 1.29 is 13.2 Å². The van der Waals surface area contributed by atoms with Gasteiger partial charge in [0.2, 0.25) is 0 Å². The maximum atomic E-state index is 14.6. The number of benzene rings is 2. The van der Waals surface area contributed by atoms with Crippen molar-refractivity contribution >= 4 is 17.1 Å². The molecule has 5 heterocycles. The molecule has 0 saturated carbocycles. The zero-order valence-corrected chi connectivity index (χ0v) is 21.0. The lowest BCUT2D eigenvalue weighted by atomic mass is 9.93.